The first kappa shape index (κ1) is 16.8. The highest BCUT2D eigenvalue weighted by Gasteiger charge is 2.31. The Balaban J connectivity index is 0.000000902. The molecule has 1 saturated heterocycles. The molecular weight excluding hydrogens is 279 g/mol. The molecule has 1 aromatic rings. The number of fused-ring (bicyclic) bond motifs is 1. The zero-order valence-electron chi connectivity index (χ0n) is 11.5. The van der Waals surface area contributed by atoms with Gasteiger partial charge in [0.25, 0.3) is 0 Å². The average molecular weight is 303 g/mol. The van der Waals surface area contributed by atoms with E-state index in [1.807, 2.05) is 0 Å². The van der Waals surface area contributed by atoms with Crippen molar-refractivity contribution in [1.29, 1.82) is 0 Å². The lowest BCUT2D eigenvalue weighted by molar-refractivity contribution is 0.164. The van der Waals surface area contributed by atoms with Crippen LogP contribution >= 0.6 is 24.8 Å². The highest BCUT2D eigenvalue weighted by molar-refractivity contribution is 5.85. The Bertz CT molecular complexity index is 397. The average Bonchev–Trinajstić information content (AvgIpc) is 2.39. The van der Waals surface area contributed by atoms with Crippen LogP contribution in [-0.2, 0) is 6.42 Å². The summed E-state index contributed by atoms with van der Waals surface area (Å²) < 4.78 is 0. The van der Waals surface area contributed by atoms with Gasteiger partial charge in [-0.1, -0.05) is 24.3 Å². The van der Waals surface area contributed by atoms with Crippen LogP contribution < -0.4 is 5.32 Å². The maximum Gasteiger partial charge on any atom is 0.0286 e. The molecule has 2 aliphatic rings. The molecular formula is C15H24Cl2N2. The third kappa shape index (κ3) is 3.43. The molecule has 2 atom stereocenters. The minimum absolute atomic E-state index is 0. The molecule has 1 aliphatic heterocycles. The third-order valence-electron chi connectivity index (χ3n) is 4.44. The number of nitrogens with one attached hydrogen (secondary N) is 1. The second kappa shape index (κ2) is 7.49. The van der Waals surface area contributed by atoms with Crippen molar-refractivity contribution in [3.05, 3.63) is 35.4 Å². The van der Waals surface area contributed by atoms with Gasteiger partial charge in [0.1, 0.15) is 0 Å². The van der Waals surface area contributed by atoms with Crippen LogP contribution in [0.5, 0.6) is 0 Å². The van der Waals surface area contributed by atoms with Gasteiger partial charge in [-0.2, -0.15) is 0 Å². The molecule has 1 heterocycles. The van der Waals surface area contributed by atoms with Crippen LogP contribution in [0.4, 0.5) is 0 Å². The van der Waals surface area contributed by atoms with Gasteiger partial charge in [-0.15, -0.1) is 24.8 Å². The van der Waals surface area contributed by atoms with Gasteiger partial charge in [0.2, 0.25) is 0 Å². The smallest absolute Gasteiger partial charge is 0.0286 e. The number of nitrogens with zero attached hydrogens (tertiary/aromatic N) is 1. The van der Waals surface area contributed by atoms with E-state index < -0.39 is 0 Å². The van der Waals surface area contributed by atoms with Gasteiger partial charge in [0, 0.05) is 31.6 Å². The molecule has 19 heavy (non-hydrogen) atoms. The van der Waals surface area contributed by atoms with Gasteiger partial charge in [-0.05, 0) is 37.4 Å². The molecule has 1 aliphatic carbocycles. The number of piperazine rings is 1. The van der Waals surface area contributed by atoms with Crippen LogP contribution in [0.2, 0.25) is 0 Å². The van der Waals surface area contributed by atoms with Crippen molar-refractivity contribution >= 4 is 24.8 Å². The lowest BCUT2D eigenvalue weighted by Crippen LogP contribution is -2.52. The summed E-state index contributed by atoms with van der Waals surface area (Å²) in [4.78, 5) is 2.54. The number of hydrogen-bond acceptors (Lipinski definition) is 2. The Morgan fingerprint density at radius 2 is 2.00 bits per heavy atom. The van der Waals surface area contributed by atoms with E-state index in [-0.39, 0.29) is 24.8 Å². The van der Waals surface area contributed by atoms with E-state index in [2.05, 4.69) is 41.5 Å². The lowest BCUT2D eigenvalue weighted by atomic mass is 9.78. The standard InChI is InChI=1S/C15H22N2.2ClH/c1-17-10-9-16-11-15(17)14-8-4-6-12-5-2-3-7-13(12)14;;/h2-3,5,7,14-16H,4,6,8-11H2,1H3;2*1H. The van der Waals surface area contributed by atoms with Crippen molar-refractivity contribution in [2.45, 2.75) is 31.2 Å². The number of benzene rings is 1. The molecule has 108 valence electrons. The second-order valence-electron chi connectivity index (χ2n) is 5.45. The molecule has 2 nitrogen and oxygen atoms in total. The van der Waals surface area contributed by atoms with Crippen molar-refractivity contribution in [2.24, 2.45) is 0 Å². The number of aryl methyl sites for hydroxylation is 1. The minimum Gasteiger partial charge on any atom is -0.314 e. The maximum absolute atomic E-state index is 3.55. The molecule has 3 rings (SSSR count). The first-order chi connectivity index (χ1) is 8.36. The van der Waals surface area contributed by atoms with Crippen molar-refractivity contribution < 1.29 is 0 Å². The van der Waals surface area contributed by atoms with Crippen molar-refractivity contribution in [1.82, 2.24) is 10.2 Å². The van der Waals surface area contributed by atoms with Crippen molar-refractivity contribution in [2.75, 3.05) is 26.7 Å². The fraction of sp³-hybridized carbons (Fsp3) is 0.600. The Morgan fingerprint density at radius 3 is 2.79 bits per heavy atom. The van der Waals surface area contributed by atoms with Crippen molar-refractivity contribution in [3.63, 3.8) is 0 Å². The highest BCUT2D eigenvalue weighted by atomic mass is 35.5. The number of rotatable bonds is 1. The number of likely N-dealkylation sites (N-methyl/N-ethyl adjacent to an activating group) is 1. The van der Waals surface area contributed by atoms with E-state index in [1.54, 1.807) is 11.1 Å². The van der Waals surface area contributed by atoms with E-state index in [9.17, 15) is 0 Å². The van der Waals surface area contributed by atoms with Crippen LogP contribution in [0.25, 0.3) is 0 Å². The minimum atomic E-state index is 0. The molecule has 0 spiro atoms. The molecule has 1 fully saturated rings. The zero-order valence-corrected chi connectivity index (χ0v) is 13.1. The predicted octanol–water partition coefficient (Wildman–Crippen LogP) is 2.85. The highest BCUT2D eigenvalue weighted by Crippen LogP contribution is 2.35. The summed E-state index contributed by atoms with van der Waals surface area (Å²) in [6, 6.07) is 9.74. The molecule has 4 heteroatoms. The Morgan fingerprint density at radius 1 is 1.21 bits per heavy atom. The summed E-state index contributed by atoms with van der Waals surface area (Å²) in [5.41, 5.74) is 3.20. The molecule has 2 unspecified atom stereocenters. The fourth-order valence-corrected chi connectivity index (χ4v) is 3.47. The normalized spacial score (nSPS) is 26.8. The molecule has 1 N–H and O–H groups in total. The van der Waals surface area contributed by atoms with E-state index >= 15 is 0 Å². The molecule has 0 amide bonds. The molecule has 0 saturated carbocycles. The van der Waals surface area contributed by atoms with Gasteiger partial charge >= 0.3 is 0 Å². The van der Waals surface area contributed by atoms with E-state index in [1.165, 1.54) is 25.8 Å². The zero-order chi connectivity index (χ0) is 11.7. The van der Waals surface area contributed by atoms with Crippen LogP contribution in [-0.4, -0.2) is 37.6 Å². The van der Waals surface area contributed by atoms with E-state index in [0.29, 0.717) is 6.04 Å². The predicted molar refractivity (Wildman–Crippen MR) is 85.9 cm³/mol. The largest absolute Gasteiger partial charge is 0.314 e. The third-order valence-corrected chi connectivity index (χ3v) is 4.44. The Hall–Kier alpha value is -0.280. The maximum atomic E-state index is 3.55. The van der Waals surface area contributed by atoms with Crippen LogP contribution in [0.15, 0.2) is 24.3 Å². The summed E-state index contributed by atoms with van der Waals surface area (Å²) in [5.74, 6) is 0.734. The summed E-state index contributed by atoms with van der Waals surface area (Å²) >= 11 is 0. The van der Waals surface area contributed by atoms with E-state index in [0.717, 1.165) is 19.0 Å². The summed E-state index contributed by atoms with van der Waals surface area (Å²) in [6.07, 6.45) is 3.98. The molecule has 0 radical (unpaired) electrons. The molecule has 0 aromatic heterocycles. The Kier molecular flexibility index (Phi) is 6.61. The van der Waals surface area contributed by atoms with Gasteiger partial charge in [0.15, 0.2) is 0 Å². The van der Waals surface area contributed by atoms with Gasteiger partial charge in [-0.3, -0.25) is 0 Å². The lowest BCUT2D eigenvalue weighted by Gasteiger charge is -2.41. The summed E-state index contributed by atoms with van der Waals surface area (Å²) in [6.45, 7) is 3.47. The quantitative estimate of drug-likeness (QED) is 0.858. The van der Waals surface area contributed by atoms with E-state index in [4.69, 9.17) is 0 Å². The summed E-state index contributed by atoms with van der Waals surface area (Å²) in [5, 5.41) is 3.55. The number of hydrogen-bond donors (Lipinski definition) is 1. The van der Waals surface area contributed by atoms with Crippen LogP contribution in [0.1, 0.15) is 29.9 Å². The van der Waals surface area contributed by atoms with Crippen molar-refractivity contribution in [3.8, 4) is 0 Å². The SMILES string of the molecule is CN1CCNCC1C1CCCc2ccccc21.Cl.Cl. The molecule has 0 bridgehead atoms. The fourth-order valence-electron chi connectivity index (χ4n) is 3.47. The van der Waals surface area contributed by atoms with Gasteiger partial charge in [0.05, 0.1) is 0 Å². The summed E-state index contributed by atoms with van der Waals surface area (Å²) in [7, 11) is 2.28. The first-order valence-electron chi connectivity index (χ1n) is 6.85. The van der Waals surface area contributed by atoms with Gasteiger partial charge < -0.3 is 10.2 Å². The first-order valence-corrected chi connectivity index (χ1v) is 6.85. The second-order valence-corrected chi connectivity index (χ2v) is 5.45. The number of halogens is 2. The topological polar surface area (TPSA) is 15.3 Å². The van der Waals surface area contributed by atoms with Crippen LogP contribution in [0.3, 0.4) is 0 Å². The monoisotopic (exact) mass is 302 g/mol. The Labute approximate surface area is 128 Å². The molecule has 1 aromatic carbocycles. The van der Waals surface area contributed by atoms with Gasteiger partial charge in [-0.25, -0.2) is 0 Å². The van der Waals surface area contributed by atoms with Crippen LogP contribution in [0, 0.1) is 0 Å².